The van der Waals surface area contributed by atoms with Crippen molar-refractivity contribution in [2.75, 3.05) is 11.1 Å². The van der Waals surface area contributed by atoms with E-state index in [9.17, 15) is 14.7 Å². The van der Waals surface area contributed by atoms with E-state index in [0.29, 0.717) is 23.4 Å². The number of carbonyl (C=O) groups excluding carboxylic acids is 1. The highest BCUT2D eigenvalue weighted by molar-refractivity contribution is 7.99. The summed E-state index contributed by atoms with van der Waals surface area (Å²) in [5, 5.41) is 21.5. The standard InChI is InChI=1S/C31H28N2O6S/c34-18-20-6-8-21(9-7-20)28-16-26(19-40-27-12-10-22(11-13-27)30(36)37)38-31(39-28)23-3-1-5-25(15-23)33-29(35)24-4-2-14-32-17-24/h1-15,17,26,28,31,34H,16,18-19H2,(H,33,35)(H,36,37)/t26-,28+,31+/m1/s1. The second kappa shape index (κ2) is 12.9. The van der Waals surface area contributed by atoms with Gasteiger partial charge in [0.2, 0.25) is 0 Å². The third-order valence-corrected chi connectivity index (χ3v) is 7.64. The minimum Gasteiger partial charge on any atom is -0.478 e. The summed E-state index contributed by atoms with van der Waals surface area (Å²) in [5.41, 5.74) is 3.87. The maximum absolute atomic E-state index is 12.7. The van der Waals surface area contributed by atoms with E-state index >= 15 is 0 Å². The zero-order chi connectivity index (χ0) is 27.9. The summed E-state index contributed by atoms with van der Waals surface area (Å²) >= 11 is 1.59. The number of hydrogen-bond donors (Lipinski definition) is 3. The Balaban J connectivity index is 1.34. The van der Waals surface area contributed by atoms with Crippen molar-refractivity contribution in [2.24, 2.45) is 0 Å². The lowest BCUT2D eigenvalue weighted by molar-refractivity contribution is -0.245. The second-order valence-corrected chi connectivity index (χ2v) is 10.4. The van der Waals surface area contributed by atoms with Crippen molar-refractivity contribution < 1.29 is 29.3 Å². The van der Waals surface area contributed by atoms with Crippen LogP contribution in [0.4, 0.5) is 5.69 Å². The predicted molar refractivity (Wildman–Crippen MR) is 151 cm³/mol. The first-order valence-corrected chi connectivity index (χ1v) is 13.7. The number of carbonyl (C=O) groups is 2. The summed E-state index contributed by atoms with van der Waals surface area (Å²) < 4.78 is 12.8. The van der Waals surface area contributed by atoms with Gasteiger partial charge < -0.3 is 25.0 Å². The van der Waals surface area contributed by atoms with Gasteiger partial charge in [0.15, 0.2) is 6.29 Å². The first-order valence-electron chi connectivity index (χ1n) is 12.8. The monoisotopic (exact) mass is 556 g/mol. The molecule has 3 aromatic carbocycles. The summed E-state index contributed by atoms with van der Waals surface area (Å²) in [7, 11) is 0. The van der Waals surface area contributed by atoms with Gasteiger partial charge in [-0.15, -0.1) is 11.8 Å². The van der Waals surface area contributed by atoms with Crippen LogP contribution in [0.25, 0.3) is 0 Å². The Hall–Kier alpha value is -4.02. The fourth-order valence-corrected chi connectivity index (χ4v) is 5.29. The lowest BCUT2D eigenvalue weighted by Gasteiger charge is -2.36. The number of nitrogens with zero attached hydrogens (tertiary/aromatic N) is 1. The van der Waals surface area contributed by atoms with Crippen molar-refractivity contribution in [1.82, 2.24) is 4.98 Å². The molecule has 8 nitrogen and oxygen atoms in total. The lowest BCUT2D eigenvalue weighted by atomic mass is 10.0. The van der Waals surface area contributed by atoms with Crippen LogP contribution in [0.5, 0.6) is 0 Å². The molecule has 5 rings (SSSR count). The number of carboxylic acids is 1. The minimum atomic E-state index is -0.957. The van der Waals surface area contributed by atoms with E-state index in [1.54, 1.807) is 60.4 Å². The Morgan fingerprint density at radius 3 is 2.42 bits per heavy atom. The van der Waals surface area contributed by atoms with E-state index in [1.165, 1.54) is 6.20 Å². The highest BCUT2D eigenvalue weighted by Gasteiger charge is 2.32. The van der Waals surface area contributed by atoms with Gasteiger partial charge in [-0.2, -0.15) is 0 Å². The maximum Gasteiger partial charge on any atom is 0.335 e. The van der Waals surface area contributed by atoms with Gasteiger partial charge >= 0.3 is 5.97 Å². The zero-order valence-corrected chi connectivity index (χ0v) is 22.3. The predicted octanol–water partition coefficient (Wildman–Crippen LogP) is 5.86. The molecule has 1 saturated heterocycles. The van der Waals surface area contributed by atoms with Crippen LogP contribution in [0.15, 0.2) is 102 Å². The van der Waals surface area contributed by atoms with Crippen LogP contribution < -0.4 is 5.32 Å². The fraction of sp³-hybridized carbons (Fsp3) is 0.194. The van der Waals surface area contributed by atoms with Gasteiger partial charge in [0.1, 0.15) is 0 Å². The van der Waals surface area contributed by atoms with E-state index < -0.39 is 12.3 Å². The normalized spacial score (nSPS) is 18.7. The van der Waals surface area contributed by atoms with Gasteiger partial charge in [-0.3, -0.25) is 9.78 Å². The van der Waals surface area contributed by atoms with E-state index in [-0.39, 0.29) is 30.3 Å². The highest BCUT2D eigenvalue weighted by Crippen LogP contribution is 2.40. The van der Waals surface area contributed by atoms with Crippen molar-refractivity contribution >= 4 is 29.3 Å². The van der Waals surface area contributed by atoms with E-state index in [2.05, 4.69) is 10.3 Å². The average Bonchev–Trinajstić information content (AvgIpc) is 3.00. The minimum absolute atomic E-state index is 0.0327. The molecule has 1 aliphatic rings. The molecule has 1 amide bonds. The summed E-state index contributed by atoms with van der Waals surface area (Å²) in [6.45, 7) is -0.0327. The number of nitrogens with one attached hydrogen (secondary N) is 1. The van der Waals surface area contributed by atoms with Gasteiger partial charge in [0, 0.05) is 40.7 Å². The smallest absolute Gasteiger partial charge is 0.335 e. The Labute approximate surface area is 236 Å². The van der Waals surface area contributed by atoms with Gasteiger partial charge in [-0.05, 0) is 59.7 Å². The molecule has 0 saturated carbocycles. The summed E-state index contributed by atoms with van der Waals surface area (Å²) in [5.74, 6) is -0.587. The number of aliphatic hydroxyl groups excluding tert-OH is 1. The van der Waals surface area contributed by atoms with Crippen LogP contribution in [0.1, 0.15) is 56.2 Å². The van der Waals surface area contributed by atoms with Crippen LogP contribution in [-0.4, -0.2) is 38.9 Å². The first-order chi connectivity index (χ1) is 19.5. The highest BCUT2D eigenvalue weighted by atomic mass is 32.2. The molecule has 0 radical (unpaired) electrons. The van der Waals surface area contributed by atoms with E-state index in [1.807, 2.05) is 42.5 Å². The lowest BCUT2D eigenvalue weighted by Crippen LogP contribution is -2.31. The number of benzene rings is 3. The van der Waals surface area contributed by atoms with Crippen molar-refractivity contribution in [3.8, 4) is 0 Å². The summed E-state index contributed by atoms with van der Waals surface area (Å²) in [4.78, 5) is 28.8. The molecule has 2 heterocycles. The molecule has 204 valence electrons. The molecule has 1 aliphatic heterocycles. The SMILES string of the molecule is O=C(O)c1ccc(SC[C@H]2C[C@@H](c3ccc(CO)cc3)O[C@@H](c3cccc(NC(=O)c4cccnc4)c3)O2)cc1. The number of pyridine rings is 1. The molecule has 3 atom stereocenters. The fourth-order valence-electron chi connectivity index (χ4n) is 4.37. The molecule has 0 unspecified atom stereocenters. The molecule has 1 aromatic heterocycles. The molecule has 0 spiro atoms. The molecule has 1 fully saturated rings. The first kappa shape index (κ1) is 27.5. The Morgan fingerprint density at radius 2 is 1.73 bits per heavy atom. The molecular weight excluding hydrogens is 528 g/mol. The van der Waals surface area contributed by atoms with Crippen LogP contribution in [-0.2, 0) is 16.1 Å². The largest absolute Gasteiger partial charge is 0.478 e. The molecule has 40 heavy (non-hydrogen) atoms. The number of anilines is 1. The van der Waals surface area contributed by atoms with Gasteiger partial charge in [0.05, 0.1) is 29.9 Å². The number of hydrogen-bond acceptors (Lipinski definition) is 7. The van der Waals surface area contributed by atoms with E-state index in [4.69, 9.17) is 14.6 Å². The number of aromatic nitrogens is 1. The average molecular weight is 557 g/mol. The Morgan fingerprint density at radius 1 is 0.925 bits per heavy atom. The summed E-state index contributed by atoms with van der Waals surface area (Å²) in [6, 6.07) is 25.2. The number of aliphatic hydroxyl groups is 1. The molecular formula is C31H28N2O6S. The molecule has 4 aromatic rings. The van der Waals surface area contributed by atoms with Crippen LogP contribution in [0.3, 0.4) is 0 Å². The van der Waals surface area contributed by atoms with Crippen molar-refractivity contribution in [3.05, 3.63) is 125 Å². The molecule has 9 heteroatoms. The van der Waals surface area contributed by atoms with Crippen molar-refractivity contribution in [1.29, 1.82) is 0 Å². The number of amides is 1. The van der Waals surface area contributed by atoms with Gasteiger partial charge in [-0.1, -0.05) is 36.4 Å². The molecule has 3 N–H and O–H groups in total. The number of thioether (sulfide) groups is 1. The van der Waals surface area contributed by atoms with E-state index in [0.717, 1.165) is 21.6 Å². The number of carboxylic acid groups (broad SMARTS) is 1. The van der Waals surface area contributed by atoms with Crippen molar-refractivity contribution in [3.63, 3.8) is 0 Å². The third-order valence-electron chi connectivity index (χ3n) is 6.49. The molecule has 0 bridgehead atoms. The number of rotatable bonds is 9. The van der Waals surface area contributed by atoms with Crippen molar-refractivity contribution in [2.45, 2.75) is 36.4 Å². The Bertz CT molecular complexity index is 1450. The Kier molecular flexibility index (Phi) is 8.87. The van der Waals surface area contributed by atoms with Gasteiger partial charge in [-0.25, -0.2) is 4.79 Å². The van der Waals surface area contributed by atoms with Crippen LogP contribution in [0.2, 0.25) is 0 Å². The third kappa shape index (κ3) is 6.94. The summed E-state index contributed by atoms with van der Waals surface area (Å²) in [6.07, 6.45) is 2.65. The number of aromatic carboxylic acids is 1. The second-order valence-electron chi connectivity index (χ2n) is 9.31. The quantitative estimate of drug-likeness (QED) is 0.219. The topological polar surface area (TPSA) is 118 Å². The van der Waals surface area contributed by atoms with Crippen LogP contribution in [0, 0.1) is 0 Å². The maximum atomic E-state index is 12.7. The molecule has 0 aliphatic carbocycles. The zero-order valence-electron chi connectivity index (χ0n) is 21.5. The number of ether oxygens (including phenoxy) is 2. The van der Waals surface area contributed by atoms with Gasteiger partial charge in [0.25, 0.3) is 5.91 Å². The van der Waals surface area contributed by atoms with Crippen LogP contribution >= 0.6 is 11.8 Å².